The molecule has 18 heavy (non-hydrogen) atoms. The van der Waals surface area contributed by atoms with Crippen LogP contribution >= 0.6 is 0 Å². The summed E-state index contributed by atoms with van der Waals surface area (Å²) in [6.07, 6.45) is 12.5. The first-order valence-corrected chi connectivity index (χ1v) is 8.32. The van der Waals surface area contributed by atoms with E-state index in [4.69, 9.17) is 0 Å². The first-order valence-electron chi connectivity index (χ1n) is 8.32. The van der Waals surface area contributed by atoms with Crippen molar-refractivity contribution in [3.05, 3.63) is 0 Å². The van der Waals surface area contributed by atoms with E-state index in [1.54, 1.807) is 0 Å². The predicted molar refractivity (Wildman–Crippen MR) is 81.1 cm³/mol. The van der Waals surface area contributed by atoms with E-state index in [-0.39, 0.29) is 0 Å². The van der Waals surface area contributed by atoms with Crippen LogP contribution in [0, 0.1) is 0 Å². The third-order valence-corrected chi connectivity index (χ3v) is 4.21. The fourth-order valence-corrected chi connectivity index (χ4v) is 2.88. The highest BCUT2D eigenvalue weighted by molar-refractivity contribution is 4.70. The second-order valence-electron chi connectivity index (χ2n) is 5.81. The highest BCUT2D eigenvalue weighted by Crippen LogP contribution is 2.09. The number of rotatable bonds is 11. The molecule has 1 heterocycles. The van der Waals surface area contributed by atoms with E-state index < -0.39 is 0 Å². The standard InChI is InChI=1S/C16H34N2/c1-3-5-6-7-8-11-16(4-2)17-12-15-18-13-9-10-14-18/h16-17H,3-15H2,1-2H3. The molecule has 108 valence electrons. The molecule has 1 N–H and O–H groups in total. The van der Waals surface area contributed by atoms with Gasteiger partial charge in [0.25, 0.3) is 0 Å². The van der Waals surface area contributed by atoms with Gasteiger partial charge in [-0.25, -0.2) is 0 Å². The van der Waals surface area contributed by atoms with Gasteiger partial charge in [0.1, 0.15) is 0 Å². The SMILES string of the molecule is CCCCCCCC(CC)NCCN1CCCC1. The lowest BCUT2D eigenvalue weighted by atomic mass is 10.0. The minimum atomic E-state index is 0.759. The second kappa shape index (κ2) is 10.8. The fourth-order valence-electron chi connectivity index (χ4n) is 2.88. The minimum Gasteiger partial charge on any atom is -0.313 e. The third kappa shape index (κ3) is 7.38. The Balaban J connectivity index is 1.95. The highest BCUT2D eigenvalue weighted by Gasteiger charge is 2.11. The van der Waals surface area contributed by atoms with Crippen molar-refractivity contribution in [2.24, 2.45) is 0 Å². The molecule has 1 rings (SSSR count). The molecule has 1 fully saturated rings. The van der Waals surface area contributed by atoms with Crippen molar-refractivity contribution < 1.29 is 0 Å². The molecule has 0 aromatic heterocycles. The van der Waals surface area contributed by atoms with E-state index >= 15 is 0 Å². The van der Waals surface area contributed by atoms with E-state index in [2.05, 4.69) is 24.1 Å². The fraction of sp³-hybridized carbons (Fsp3) is 1.00. The molecule has 1 unspecified atom stereocenters. The summed E-state index contributed by atoms with van der Waals surface area (Å²) in [6, 6.07) is 0.759. The molecule has 0 aliphatic carbocycles. The Hall–Kier alpha value is -0.0800. The van der Waals surface area contributed by atoms with Crippen molar-refractivity contribution >= 4 is 0 Å². The summed E-state index contributed by atoms with van der Waals surface area (Å²) in [6.45, 7) is 9.71. The first kappa shape index (κ1) is 16.0. The van der Waals surface area contributed by atoms with Gasteiger partial charge in [0.2, 0.25) is 0 Å². The molecule has 0 bridgehead atoms. The van der Waals surface area contributed by atoms with Gasteiger partial charge in [0.05, 0.1) is 0 Å². The van der Waals surface area contributed by atoms with Crippen molar-refractivity contribution in [2.45, 2.75) is 77.7 Å². The number of nitrogens with one attached hydrogen (secondary N) is 1. The molecule has 0 saturated carbocycles. The van der Waals surface area contributed by atoms with Gasteiger partial charge >= 0.3 is 0 Å². The highest BCUT2D eigenvalue weighted by atomic mass is 15.2. The zero-order chi connectivity index (χ0) is 13.1. The molecule has 0 aromatic rings. The molecule has 0 aromatic carbocycles. The lowest BCUT2D eigenvalue weighted by Crippen LogP contribution is -2.35. The molecule has 1 saturated heterocycles. The van der Waals surface area contributed by atoms with Gasteiger partial charge in [-0.05, 0) is 38.8 Å². The van der Waals surface area contributed by atoms with Crippen LogP contribution in [-0.2, 0) is 0 Å². The molecule has 2 heteroatoms. The minimum absolute atomic E-state index is 0.759. The Morgan fingerprint density at radius 3 is 2.39 bits per heavy atom. The quantitative estimate of drug-likeness (QED) is 0.564. The number of hydrogen-bond acceptors (Lipinski definition) is 2. The van der Waals surface area contributed by atoms with Crippen LogP contribution in [0.25, 0.3) is 0 Å². The lowest BCUT2D eigenvalue weighted by molar-refractivity contribution is 0.321. The van der Waals surface area contributed by atoms with Gasteiger partial charge < -0.3 is 10.2 Å². The van der Waals surface area contributed by atoms with Crippen molar-refractivity contribution in [1.82, 2.24) is 10.2 Å². The average Bonchev–Trinajstić information content (AvgIpc) is 2.89. The molecule has 1 aliphatic heterocycles. The van der Waals surface area contributed by atoms with Crippen molar-refractivity contribution in [3.63, 3.8) is 0 Å². The summed E-state index contributed by atoms with van der Waals surface area (Å²) in [4.78, 5) is 2.60. The van der Waals surface area contributed by atoms with Gasteiger partial charge in [0.15, 0.2) is 0 Å². The number of unbranched alkanes of at least 4 members (excludes halogenated alkanes) is 4. The lowest BCUT2D eigenvalue weighted by Gasteiger charge is -2.20. The first-order chi connectivity index (χ1) is 8.86. The van der Waals surface area contributed by atoms with E-state index in [9.17, 15) is 0 Å². The molecule has 0 amide bonds. The maximum absolute atomic E-state index is 3.75. The number of likely N-dealkylation sites (tertiary alicyclic amines) is 1. The van der Waals surface area contributed by atoms with Gasteiger partial charge in [-0.2, -0.15) is 0 Å². The summed E-state index contributed by atoms with van der Waals surface area (Å²) in [5, 5.41) is 3.75. The smallest absolute Gasteiger partial charge is 0.0107 e. The maximum Gasteiger partial charge on any atom is 0.0107 e. The molecule has 1 aliphatic rings. The molecule has 0 spiro atoms. The molecular weight excluding hydrogens is 220 g/mol. The Labute approximate surface area is 115 Å². The largest absolute Gasteiger partial charge is 0.313 e. The summed E-state index contributed by atoms with van der Waals surface area (Å²) in [5.41, 5.74) is 0. The average molecular weight is 254 g/mol. The molecule has 0 radical (unpaired) electrons. The van der Waals surface area contributed by atoms with Crippen molar-refractivity contribution in [2.75, 3.05) is 26.2 Å². The zero-order valence-electron chi connectivity index (χ0n) is 12.7. The molecule has 2 nitrogen and oxygen atoms in total. The molecular formula is C16H34N2. The summed E-state index contributed by atoms with van der Waals surface area (Å²) in [7, 11) is 0. The summed E-state index contributed by atoms with van der Waals surface area (Å²) >= 11 is 0. The van der Waals surface area contributed by atoms with E-state index in [0.29, 0.717) is 0 Å². The summed E-state index contributed by atoms with van der Waals surface area (Å²) in [5.74, 6) is 0. The van der Waals surface area contributed by atoms with Crippen LogP contribution in [0.1, 0.15) is 71.6 Å². The number of hydrogen-bond donors (Lipinski definition) is 1. The van der Waals surface area contributed by atoms with Crippen LogP contribution in [0.3, 0.4) is 0 Å². The van der Waals surface area contributed by atoms with Crippen LogP contribution in [0.15, 0.2) is 0 Å². The summed E-state index contributed by atoms with van der Waals surface area (Å²) < 4.78 is 0. The van der Waals surface area contributed by atoms with Gasteiger partial charge in [-0.1, -0.05) is 46.0 Å². The van der Waals surface area contributed by atoms with Crippen LogP contribution in [0.2, 0.25) is 0 Å². The number of nitrogens with zero attached hydrogens (tertiary/aromatic N) is 1. The van der Waals surface area contributed by atoms with E-state index in [0.717, 1.165) is 6.04 Å². The van der Waals surface area contributed by atoms with Gasteiger partial charge in [0, 0.05) is 19.1 Å². The second-order valence-corrected chi connectivity index (χ2v) is 5.81. The Morgan fingerprint density at radius 2 is 1.72 bits per heavy atom. The maximum atomic E-state index is 3.75. The topological polar surface area (TPSA) is 15.3 Å². The third-order valence-electron chi connectivity index (χ3n) is 4.21. The van der Waals surface area contributed by atoms with Gasteiger partial charge in [-0.15, -0.1) is 0 Å². The Kier molecular flexibility index (Phi) is 9.59. The van der Waals surface area contributed by atoms with Crippen LogP contribution in [-0.4, -0.2) is 37.1 Å². The van der Waals surface area contributed by atoms with E-state index in [1.165, 1.54) is 84.0 Å². The monoisotopic (exact) mass is 254 g/mol. The predicted octanol–water partition coefficient (Wildman–Crippen LogP) is 3.81. The normalized spacial score (nSPS) is 18.3. The Bertz CT molecular complexity index is 176. The van der Waals surface area contributed by atoms with Crippen molar-refractivity contribution in [1.29, 1.82) is 0 Å². The molecule has 1 atom stereocenters. The zero-order valence-corrected chi connectivity index (χ0v) is 12.7. The van der Waals surface area contributed by atoms with Crippen LogP contribution < -0.4 is 5.32 Å². The van der Waals surface area contributed by atoms with Crippen molar-refractivity contribution in [3.8, 4) is 0 Å². The van der Waals surface area contributed by atoms with E-state index in [1.807, 2.05) is 0 Å². The van der Waals surface area contributed by atoms with Crippen LogP contribution in [0.5, 0.6) is 0 Å². The van der Waals surface area contributed by atoms with Crippen LogP contribution in [0.4, 0.5) is 0 Å². The van der Waals surface area contributed by atoms with Gasteiger partial charge in [-0.3, -0.25) is 0 Å². The Morgan fingerprint density at radius 1 is 1.00 bits per heavy atom.